The number of nitrogens with zero attached hydrogens (tertiary/aromatic N) is 1. The highest BCUT2D eigenvalue weighted by Crippen LogP contribution is 2.31. The Kier molecular flexibility index (Phi) is 4.13. The van der Waals surface area contributed by atoms with Crippen LogP contribution in [-0.2, 0) is 0 Å². The average molecular weight is 284 g/mol. The Labute approximate surface area is 116 Å². The fourth-order valence-corrected chi connectivity index (χ4v) is 2.83. The zero-order valence-corrected chi connectivity index (χ0v) is 12.2. The van der Waals surface area contributed by atoms with E-state index in [1.807, 2.05) is 0 Å². The van der Waals surface area contributed by atoms with E-state index >= 15 is 0 Å². The highest BCUT2D eigenvalue weighted by molar-refractivity contribution is 8.14. The molecule has 0 bridgehead atoms. The van der Waals surface area contributed by atoms with Crippen LogP contribution in [0.15, 0.2) is 23.2 Å². The van der Waals surface area contributed by atoms with E-state index in [0.717, 1.165) is 30.4 Å². The molecule has 0 fully saturated rings. The molecule has 1 atom stereocenters. The molecule has 1 aliphatic heterocycles. The van der Waals surface area contributed by atoms with Crippen molar-refractivity contribution in [2.45, 2.75) is 33.2 Å². The van der Waals surface area contributed by atoms with Crippen molar-refractivity contribution in [1.82, 2.24) is 0 Å². The van der Waals surface area contributed by atoms with Crippen LogP contribution in [0.2, 0.25) is 0 Å². The third-order valence-corrected chi connectivity index (χ3v) is 3.99. The fourth-order valence-electron chi connectivity index (χ4n) is 1.91. The van der Waals surface area contributed by atoms with Gasteiger partial charge in [0.1, 0.15) is 11.6 Å². The molecule has 0 radical (unpaired) electrons. The van der Waals surface area contributed by atoms with E-state index < -0.39 is 11.6 Å². The molecule has 2 rings (SSSR count). The molecular weight excluding hydrogens is 266 g/mol. The smallest absolute Gasteiger partial charge is 0.161 e. The number of benzene rings is 1. The number of rotatable bonds is 1. The Morgan fingerprint density at radius 1 is 1.32 bits per heavy atom. The molecule has 1 unspecified atom stereocenters. The van der Waals surface area contributed by atoms with E-state index in [1.54, 1.807) is 11.8 Å². The number of thioether (sulfide) groups is 1. The van der Waals surface area contributed by atoms with Crippen molar-refractivity contribution in [1.29, 1.82) is 0 Å². The Morgan fingerprint density at radius 2 is 2.05 bits per heavy atom. The number of anilines is 1. The van der Waals surface area contributed by atoms with Crippen molar-refractivity contribution in [3.05, 3.63) is 29.8 Å². The summed E-state index contributed by atoms with van der Waals surface area (Å²) >= 11 is 1.54. The molecule has 2 nitrogen and oxygen atoms in total. The van der Waals surface area contributed by atoms with Gasteiger partial charge in [0, 0.05) is 11.8 Å². The summed E-state index contributed by atoms with van der Waals surface area (Å²) in [4.78, 5) is 4.60. The Hall–Kier alpha value is -1.10. The van der Waals surface area contributed by atoms with Gasteiger partial charge in [-0.05, 0) is 24.0 Å². The minimum Gasteiger partial charge on any atom is -0.333 e. The van der Waals surface area contributed by atoms with Gasteiger partial charge in [0.15, 0.2) is 5.17 Å². The second-order valence-electron chi connectivity index (χ2n) is 5.70. The summed E-state index contributed by atoms with van der Waals surface area (Å²) in [7, 11) is 0. The van der Waals surface area contributed by atoms with Gasteiger partial charge in [0.2, 0.25) is 0 Å². The van der Waals surface area contributed by atoms with Crippen molar-refractivity contribution in [3.63, 3.8) is 0 Å². The van der Waals surface area contributed by atoms with Gasteiger partial charge in [-0.25, -0.2) is 8.78 Å². The summed E-state index contributed by atoms with van der Waals surface area (Å²) in [6.45, 7) is 6.41. The molecule has 0 saturated carbocycles. The third kappa shape index (κ3) is 3.69. The van der Waals surface area contributed by atoms with Crippen molar-refractivity contribution in [3.8, 4) is 0 Å². The minimum absolute atomic E-state index is 0.0778. The highest BCUT2D eigenvalue weighted by Gasteiger charge is 2.27. The molecule has 1 aromatic carbocycles. The van der Waals surface area contributed by atoms with Gasteiger partial charge in [-0.15, -0.1) is 0 Å². The third-order valence-electron chi connectivity index (χ3n) is 3.07. The maximum Gasteiger partial charge on any atom is 0.161 e. The van der Waals surface area contributed by atoms with Crippen LogP contribution < -0.4 is 5.32 Å². The van der Waals surface area contributed by atoms with Crippen LogP contribution in [-0.4, -0.2) is 17.0 Å². The monoisotopic (exact) mass is 284 g/mol. The Balaban J connectivity index is 2.18. The first-order chi connectivity index (χ1) is 8.86. The molecular formula is C14H18F2N2S. The average Bonchev–Trinajstić information content (AvgIpc) is 2.33. The van der Waals surface area contributed by atoms with Crippen LogP contribution in [0.3, 0.4) is 0 Å². The molecule has 1 aliphatic rings. The molecule has 0 amide bonds. The predicted molar refractivity (Wildman–Crippen MR) is 77.7 cm³/mol. The summed E-state index contributed by atoms with van der Waals surface area (Å²) in [6, 6.07) is 3.58. The molecule has 1 aromatic rings. The lowest BCUT2D eigenvalue weighted by Crippen LogP contribution is -2.30. The largest absolute Gasteiger partial charge is 0.333 e. The van der Waals surface area contributed by atoms with E-state index in [1.165, 1.54) is 0 Å². The zero-order chi connectivity index (χ0) is 14.0. The first-order valence-corrected chi connectivity index (χ1v) is 7.27. The van der Waals surface area contributed by atoms with Crippen molar-refractivity contribution in [2.24, 2.45) is 10.4 Å². The van der Waals surface area contributed by atoms with Gasteiger partial charge in [-0.3, -0.25) is 4.99 Å². The maximum absolute atomic E-state index is 13.6. The molecule has 0 aromatic heterocycles. The number of hydrogen-bond donors (Lipinski definition) is 1. The Morgan fingerprint density at radius 3 is 2.74 bits per heavy atom. The van der Waals surface area contributed by atoms with Crippen LogP contribution >= 0.6 is 11.8 Å². The van der Waals surface area contributed by atoms with Crippen LogP contribution in [0.4, 0.5) is 14.5 Å². The van der Waals surface area contributed by atoms with Crippen LogP contribution in [0, 0.1) is 17.0 Å². The van der Waals surface area contributed by atoms with Crippen LogP contribution in [0.1, 0.15) is 27.2 Å². The van der Waals surface area contributed by atoms with Gasteiger partial charge in [-0.1, -0.05) is 32.5 Å². The van der Waals surface area contributed by atoms with Gasteiger partial charge >= 0.3 is 0 Å². The van der Waals surface area contributed by atoms with Crippen molar-refractivity contribution in [2.75, 3.05) is 11.1 Å². The van der Waals surface area contributed by atoms with Gasteiger partial charge < -0.3 is 5.32 Å². The second-order valence-corrected chi connectivity index (χ2v) is 6.79. The SMILES string of the molecule is CC(C)(C)C1CCSC(Nc2cc(F)ccc2F)=N1. The summed E-state index contributed by atoms with van der Waals surface area (Å²) in [5.41, 5.74) is 0.217. The molecule has 0 spiro atoms. The zero-order valence-electron chi connectivity index (χ0n) is 11.3. The lowest BCUT2D eigenvalue weighted by Gasteiger charge is -2.31. The van der Waals surface area contributed by atoms with Crippen molar-refractivity contribution < 1.29 is 8.78 Å². The minimum atomic E-state index is -0.470. The van der Waals surface area contributed by atoms with Crippen LogP contribution in [0.25, 0.3) is 0 Å². The number of halogens is 2. The predicted octanol–water partition coefficient (Wildman–Crippen LogP) is 4.28. The van der Waals surface area contributed by atoms with E-state index in [9.17, 15) is 8.78 Å². The summed E-state index contributed by atoms with van der Waals surface area (Å²) in [6.07, 6.45) is 1.00. The van der Waals surface area contributed by atoms with E-state index in [2.05, 4.69) is 31.1 Å². The lowest BCUT2D eigenvalue weighted by molar-refractivity contribution is 0.316. The van der Waals surface area contributed by atoms with Gasteiger partial charge in [0.05, 0.1) is 11.7 Å². The first kappa shape index (κ1) is 14.3. The summed E-state index contributed by atoms with van der Waals surface area (Å²) < 4.78 is 26.7. The molecule has 0 aliphatic carbocycles. The van der Waals surface area contributed by atoms with E-state index in [4.69, 9.17) is 0 Å². The van der Waals surface area contributed by atoms with E-state index in [-0.39, 0.29) is 17.1 Å². The number of hydrogen-bond acceptors (Lipinski definition) is 3. The van der Waals surface area contributed by atoms with Gasteiger partial charge in [-0.2, -0.15) is 0 Å². The normalized spacial score (nSPS) is 20.1. The summed E-state index contributed by atoms with van der Waals surface area (Å²) in [5.74, 6) is 0.00491. The number of nitrogens with one attached hydrogen (secondary N) is 1. The molecule has 19 heavy (non-hydrogen) atoms. The second kappa shape index (κ2) is 5.49. The number of aliphatic imine (C=N–C) groups is 1. The van der Waals surface area contributed by atoms with E-state index in [0.29, 0.717) is 5.17 Å². The number of amidine groups is 1. The Bertz CT molecular complexity index is 495. The van der Waals surface area contributed by atoms with Crippen LogP contribution in [0.5, 0.6) is 0 Å². The van der Waals surface area contributed by atoms with Gasteiger partial charge in [0.25, 0.3) is 0 Å². The first-order valence-electron chi connectivity index (χ1n) is 6.29. The molecule has 0 saturated heterocycles. The maximum atomic E-state index is 13.6. The fraction of sp³-hybridized carbons (Fsp3) is 0.500. The lowest BCUT2D eigenvalue weighted by atomic mass is 9.85. The quantitative estimate of drug-likeness (QED) is 0.832. The molecule has 1 heterocycles. The highest BCUT2D eigenvalue weighted by atomic mass is 32.2. The molecule has 104 valence electrons. The summed E-state index contributed by atoms with van der Waals surface area (Å²) in [5, 5.41) is 3.55. The topological polar surface area (TPSA) is 24.4 Å². The van der Waals surface area contributed by atoms with Crippen molar-refractivity contribution >= 4 is 22.6 Å². The molecule has 1 N–H and O–H groups in total. The molecule has 5 heteroatoms. The standard InChI is InChI=1S/C14H18F2N2S/c1-14(2,3)12-6-7-19-13(18-12)17-11-8-9(15)4-5-10(11)16/h4-5,8,12H,6-7H2,1-3H3,(H,17,18).